The highest BCUT2D eigenvalue weighted by molar-refractivity contribution is 8.13. The zero-order valence-corrected chi connectivity index (χ0v) is 16.4. The van der Waals surface area contributed by atoms with Gasteiger partial charge in [-0.1, -0.05) is 41.6 Å². The first-order valence-corrected chi connectivity index (χ1v) is 9.87. The van der Waals surface area contributed by atoms with Crippen LogP contribution in [-0.4, -0.2) is 34.9 Å². The van der Waals surface area contributed by atoms with E-state index in [2.05, 4.69) is 0 Å². The molecule has 1 aliphatic heterocycles. The van der Waals surface area contributed by atoms with E-state index >= 15 is 0 Å². The summed E-state index contributed by atoms with van der Waals surface area (Å²) in [4.78, 5) is 19.2. The molecule has 1 fully saturated rings. The molecule has 1 saturated heterocycles. The summed E-state index contributed by atoms with van der Waals surface area (Å²) in [5, 5.41) is 1.40. The van der Waals surface area contributed by atoms with Crippen LogP contribution in [0, 0.1) is 13.8 Å². The molecule has 1 aliphatic rings. The number of thioether (sulfide) groups is 1. The summed E-state index contributed by atoms with van der Waals surface area (Å²) in [5.74, 6) is 1.55. The van der Waals surface area contributed by atoms with E-state index in [0.29, 0.717) is 17.3 Å². The van der Waals surface area contributed by atoms with Crippen LogP contribution in [0.25, 0.3) is 0 Å². The van der Waals surface area contributed by atoms with Crippen molar-refractivity contribution in [1.29, 1.82) is 0 Å². The van der Waals surface area contributed by atoms with Gasteiger partial charge >= 0.3 is 0 Å². The van der Waals surface area contributed by atoms with Crippen molar-refractivity contribution in [3.63, 3.8) is 0 Å². The number of hydrogen-bond acceptors (Lipinski definition) is 4. The van der Waals surface area contributed by atoms with E-state index in [9.17, 15) is 4.79 Å². The largest absolute Gasteiger partial charge is 0.483 e. The predicted octanol–water partition coefficient (Wildman–Crippen LogP) is 4.99. The van der Waals surface area contributed by atoms with Crippen LogP contribution < -0.4 is 4.74 Å². The zero-order chi connectivity index (χ0) is 18.5. The van der Waals surface area contributed by atoms with Crippen molar-refractivity contribution in [2.45, 2.75) is 20.3 Å². The average Bonchev–Trinajstić information content (AvgIpc) is 2.63. The van der Waals surface area contributed by atoms with Crippen molar-refractivity contribution in [2.75, 3.05) is 18.9 Å². The smallest absolute Gasteiger partial charge is 0.266 e. The third-order valence-electron chi connectivity index (χ3n) is 4.11. The lowest BCUT2D eigenvalue weighted by atomic mass is 10.2. The first-order valence-electron chi connectivity index (χ1n) is 8.51. The van der Waals surface area contributed by atoms with E-state index in [0.717, 1.165) is 34.2 Å². The van der Waals surface area contributed by atoms with Crippen LogP contribution in [0.4, 0.5) is 5.69 Å². The SMILES string of the molecule is Cc1ccccc1N=C1SCCCN1C(=O)COc1ccc(Cl)cc1C. The maximum atomic E-state index is 12.7. The Morgan fingerprint density at radius 1 is 1.23 bits per heavy atom. The van der Waals surface area contributed by atoms with E-state index < -0.39 is 0 Å². The first kappa shape index (κ1) is 18.8. The van der Waals surface area contributed by atoms with Gasteiger partial charge < -0.3 is 4.74 Å². The number of amides is 1. The fourth-order valence-electron chi connectivity index (χ4n) is 2.67. The van der Waals surface area contributed by atoms with Crippen LogP contribution in [-0.2, 0) is 4.79 Å². The van der Waals surface area contributed by atoms with E-state index in [4.69, 9.17) is 21.3 Å². The number of aliphatic imine (C=N–C) groups is 1. The molecule has 0 bridgehead atoms. The van der Waals surface area contributed by atoms with Gasteiger partial charge in [0.15, 0.2) is 11.8 Å². The van der Waals surface area contributed by atoms with Gasteiger partial charge in [-0.2, -0.15) is 0 Å². The Bertz CT molecular complexity index is 838. The van der Waals surface area contributed by atoms with Gasteiger partial charge in [0.1, 0.15) is 5.75 Å². The number of hydrogen-bond donors (Lipinski definition) is 0. The number of halogens is 1. The van der Waals surface area contributed by atoms with Gasteiger partial charge in [0, 0.05) is 17.3 Å². The number of ether oxygens (including phenoxy) is 1. The van der Waals surface area contributed by atoms with Gasteiger partial charge in [-0.25, -0.2) is 4.99 Å². The highest BCUT2D eigenvalue weighted by Gasteiger charge is 2.24. The maximum Gasteiger partial charge on any atom is 0.266 e. The predicted molar refractivity (Wildman–Crippen MR) is 109 cm³/mol. The Balaban J connectivity index is 1.73. The lowest BCUT2D eigenvalue weighted by Gasteiger charge is -2.28. The van der Waals surface area contributed by atoms with Gasteiger partial charge in [-0.05, 0) is 55.7 Å². The Morgan fingerprint density at radius 3 is 2.81 bits per heavy atom. The number of rotatable bonds is 4. The molecule has 1 heterocycles. The minimum atomic E-state index is -0.0844. The molecule has 1 amide bonds. The number of amidine groups is 1. The number of aryl methyl sites for hydroxylation is 2. The van der Waals surface area contributed by atoms with E-state index in [-0.39, 0.29) is 12.5 Å². The van der Waals surface area contributed by atoms with Gasteiger partial charge in [0.2, 0.25) is 0 Å². The van der Waals surface area contributed by atoms with Crippen LogP contribution in [0.15, 0.2) is 47.5 Å². The molecule has 136 valence electrons. The first-order chi connectivity index (χ1) is 12.5. The molecular formula is C20H21ClN2O2S. The van der Waals surface area contributed by atoms with Crippen molar-refractivity contribution in [3.8, 4) is 5.75 Å². The maximum absolute atomic E-state index is 12.7. The van der Waals surface area contributed by atoms with Gasteiger partial charge in [-0.3, -0.25) is 9.69 Å². The second-order valence-electron chi connectivity index (χ2n) is 6.13. The number of benzene rings is 2. The van der Waals surface area contributed by atoms with Crippen molar-refractivity contribution in [2.24, 2.45) is 4.99 Å². The van der Waals surface area contributed by atoms with Crippen molar-refractivity contribution >= 4 is 40.1 Å². The van der Waals surface area contributed by atoms with E-state index in [1.807, 2.05) is 44.2 Å². The lowest BCUT2D eigenvalue weighted by molar-refractivity contribution is -0.129. The monoisotopic (exact) mass is 388 g/mol. The molecule has 0 radical (unpaired) electrons. The summed E-state index contributed by atoms with van der Waals surface area (Å²) in [7, 11) is 0. The third-order valence-corrected chi connectivity index (χ3v) is 5.41. The van der Waals surface area contributed by atoms with Crippen LogP contribution in [0.1, 0.15) is 17.5 Å². The standard InChI is InChI=1S/C20H21ClN2O2S/c1-14-6-3-4-7-17(14)22-20-23(10-5-11-26-20)19(24)13-25-18-9-8-16(21)12-15(18)2/h3-4,6-9,12H,5,10-11,13H2,1-2H3. The second-order valence-corrected chi connectivity index (χ2v) is 7.63. The molecule has 2 aromatic rings. The number of para-hydroxylation sites is 1. The molecule has 0 atom stereocenters. The molecule has 0 saturated carbocycles. The molecular weight excluding hydrogens is 368 g/mol. The molecule has 3 rings (SSSR count). The Labute approximate surface area is 163 Å². The molecule has 4 nitrogen and oxygen atoms in total. The lowest BCUT2D eigenvalue weighted by Crippen LogP contribution is -2.41. The third kappa shape index (κ3) is 4.59. The van der Waals surface area contributed by atoms with Crippen LogP contribution in [0.2, 0.25) is 5.02 Å². The molecule has 6 heteroatoms. The number of carbonyl (C=O) groups excluding carboxylic acids is 1. The highest BCUT2D eigenvalue weighted by atomic mass is 35.5. The topological polar surface area (TPSA) is 41.9 Å². The average molecular weight is 389 g/mol. The minimum absolute atomic E-state index is 0.0180. The molecule has 0 aliphatic carbocycles. The summed E-state index contributed by atoms with van der Waals surface area (Å²) in [6.07, 6.45) is 0.948. The number of carbonyl (C=O) groups is 1. The molecule has 0 unspecified atom stereocenters. The number of nitrogens with zero attached hydrogens (tertiary/aromatic N) is 2. The molecule has 0 aromatic heterocycles. The van der Waals surface area contributed by atoms with Gasteiger partial charge in [-0.15, -0.1) is 0 Å². The highest BCUT2D eigenvalue weighted by Crippen LogP contribution is 2.25. The molecule has 0 N–H and O–H groups in total. The van der Waals surface area contributed by atoms with Crippen LogP contribution in [0.3, 0.4) is 0 Å². The second kappa shape index (κ2) is 8.60. The van der Waals surface area contributed by atoms with Crippen LogP contribution in [0.5, 0.6) is 5.75 Å². The molecule has 26 heavy (non-hydrogen) atoms. The van der Waals surface area contributed by atoms with E-state index in [1.165, 1.54) is 0 Å². The summed E-state index contributed by atoms with van der Waals surface area (Å²) < 4.78 is 5.71. The van der Waals surface area contributed by atoms with Crippen molar-refractivity contribution in [3.05, 3.63) is 58.6 Å². The van der Waals surface area contributed by atoms with Gasteiger partial charge in [0.25, 0.3) is 5.91 Å². The Morgan fingerprint density at radius 2 is 2.04 bits per heavy atom. The normalized spacial score (nSPS) is 16.0. The van der Waals surface area contributed by atoms with Crippen LogP contribution >= 0.6 is 23.4 Å². The Hall–Kier alpha value is -1.98. The van der Waals surface area contributed by atoms with E-state index in [1.54, 1.807) is 28.8 Å². The Kier molecular flexibility index (Phi) is 6.22. The minimum Gasteiger partial charge on any atom is -0.483 e. The molecule has 2 aromatic carbocycles. The quantitative estimate of drug-likeness (QED) is 0.741. The van der Waals surface area contributed by atoms with Crippen molar-refractivity contribution in [1.82, 2.24) is 4.90 Å². The van der Waals surface area contributed by atoms with Crippen molar-refractivity contribution < 1.29 is 9.53 Å². The fraction of sp³-hybridized carbons (Fsp3) is 0.300. The summed E-state index contributed by atoms with van der Waals surface area (Å²) in [6, 6.07) is 13.3. The summed E-state index contributed by atoms with van der Waals surface area (Å²) in [5.41, 5.74) is 2.89. The summed E-state index contributed by atoms with van der Waals surface area (Å²) in [6.45, 7) is 4.58. The zero-order valence-electron chi connectivity index (χ0n) is 14.9. The fourth-order valence-corrected chi connectivity index (χ4v) is 3.86. The molecule has 0 spiro atoms. The van der Waals surface area contributed by atoms with Gasteiger partial charge in [0.05, 0.1) is 5.69 Å². The summed E-state index contributed by atoms with van der Waals surface area (Å²) >= 11 is 7.57.